The average molecular weight is 351 g/mol. The van der Waals surface area contributed by atoms with Crippen LogP contribution in [0.1, 0.15) is 24.8 Å². The van der Waals surface area contributed by atoms with E-state index in [0.717, 1.165) is 12.8 Å². The van der Waals surface area contributed by atoms with Crippen molar-refractivity contribution in [3.05, 3.63) is 34.6 Å². The molecule has 1 amide bonds. The zero-order valence-electron chi connectivity index (χ0n) is 12.4. The molecule has 7 heteroatoms. The predicted molar refractivity (Wildman–Crippen MR) is 86.6 cm³/mol. The van der Waals surface area contributed by atoms with E-state index in [-0.39, 0.29) is 48.7 Å². The Bertz CT molecular complexity index is 516. The van der Waals surface area contributed by atoms with Gasteiger partial charge in [0.15, 0.2) is 0 Å². The van der Waals surface area contributed by atoms with Gasteiger partial charge in [0.2, 0.25) is 5.91 Å². The first-order valence-corrected chi connectivity index (χ1v) is 7.39. The van der Waals surface area contributed by atoms with Crippen LogP contribution in [0.4, 0.5) is 4.39 Å². The van der Waals surface area contributed by atoms with Crippen LogP contribution in [0.2, 0.25) is 5.02 Å². The molecule has 1 fully saturated rings. The second kappa shape index (κ2) is 8.67. The Labute approximate surface area is 140 Å². The van der Waals surface area contributed by atoms with E-state index < -0.39 is 0 Å². The van der Waals surface area contributed by atoms with Gasteiger partial charge in [0.25, 0.3) is 0 Å². The summed E-state index contributed by atoms with van der Waals surface area (Å²) in [6, 6.07) is 4.13. The third-order valence-corrected chi connectivity index (χ3v) is 4.34. The zero-order valence-corrected chi connectivity index (χ0v) is 13.9. The topological polar surface area (TPSA) is 64.3 Å². The third kappa shape index (κ3) is 4.81. The van der Waals surface area contributed by atoms with E-state index in [1.165, 1.54) is 12.1 Å². The van der Waals surface area contributed by atoms with Crippen LogP contribution in [0, 0.1) is 11.7 Å². The molecule has 0 aliphatic heterocycles. The molecule has 0 radical (unpaired) electrons. The van der Waals surface area contributed by atoms with Crippen molar-refractivity contribution in [3.8, 4) is 0 Å². The highest BCUT2D eigenvalue weighted by Crippen LogP contribution is 2.26. The average Bonchev–Trinajstić information content (AvgIpc) is 2.46. The van der Waals surface area contributed by atoms with Gasteiger partial charge in [-0.1, -0.05) is 17.7 Å². The van der Waals surface area contributed by atoms with Gasteiger partial charge in [0.1, 0.15) is 5.82 Å². The summed E-state index contributed by atoms with van der Waals surface area (Å²) < 4.78 is 18.3. The minimum Gasteiger partial charge on any atom is -0.380 e. The smallest absolute Gasteiger partial charge is 0.223 e. The summed E-state index contributed by atoms with van der Waals surface area (Å²) in [5, 5.41) is 3.16. The van der Waals surface area contributed by atoms with E-state index >= 15 is 0 Å². The lowest BCUT2D eigenvalue weighted by atomic mass is 9.83. The molecule has 0 heterocycles. The van der Waals surface area contributed by atoms with Crippen LogP contribution in [0.3, 0.4) is 0 Å². The fourth-order valence-electron chi connectivity index (χ4n) is 2.65. The van der Waals surface area contributed by atoms with Gasteiger partial charge in [-0.3, -0.25) is 4.79 Å². The molecule has 0 spiro atoms. The Morgan fingerprint density at radius 3 is 2.86 bits per heavy atom. The maximum absolute atomic E-state index is 13.0. The summed E-state index contributed by atoms with van der Waals surface area (Å²) in [5.74, 6) is -0.530. The second-order valence-corrected chi connectivity index (χ2v) is 5.81. The third-order valence-electron chi connectivity index (χ3n) is 3.98. The van der Waals surface area contributed by atoms with Crippen molar-refractivity contribution in [1.82, 2.24) is 5.32 Å². The van der Waals surface area contributed by atoms with Gasteiger partial charge >= 0.3 is 0 Å². The lowest BCUT2D eigenvalue weighted by Gasteiger charge is -2.32. The van der Waals surface area contributed by atoms with Crippen molar-refractivity contribution >= 4 is 29.9 Å². The van der Waals surface area contributed by atoms with E-state index in [4.69, 9.17) is 22.1 Å². The van der Waals surface area contributed by atoms with E-state index in [1.807, 2.05) is 0 Å². The van der Waals surface area contributed by atoms with Crippen LogP contribution in [0.15, 0.2) is 18.2 Å². The highest BCUT2D eigenvalue weighted by molar-refractivity contribution is 6.31. The van der Waals surface area contributed by atoms with E-state index in [1.54, 1.807) is 13.2 Å². The number of ether oxygens (including phenoxy) is 1. The molecular weight excluding hydrogens is 330 g/mol. The molecule has 2 rings (SSSR count). The molecule has 0 unspecified atom stereocenters. The van der Waals surface area contributed by atoms with Gasteiger partial charge in [0.05, 0.1) is 6.10 Å². The number of hydrogen-bond acceptors (Lipinski definition) is 3. The summed E-state index contributed by atoms with van der Waals surface area (Å²) >= 11 is 5.94. The van der Waals surface area contributed by atoms with Crippen LogP contribution in [0.25, 0.3) is 0 Å². The molecule has 1 aromatic carbocycles. The van der Waals surface area contributed by atoms with Crippen LogP contribution < -0.4 is 11.1 Å². The summed E-state index contributed by atoms with van der Waals surface area (Å²) in [7, 11) is 1.61. The molecule has 22 heavy (non-hydrogen) atoms. The highest BCUT2D eigenvalue weighted by Gasteiger charge is 2.31. The number of nitrogens with two attached hydrogens (primary N) is 1. The number of carbonyl (C=O) groups is 1. The maximum atomic E-state index is 13.0. The summed E-state index contributed by atoms with van der Waals surface area (Å²) in [4.78, 5) is 12.2. The van der Waals surface area contributed by atoms with E-state index in [9.17, 15) is 9.18 Å². The van der Waals surface area contributed by atoms with Crippen molar-refractivity contribution in [3.63, 3.8) is 0 Å². The number of carbonyl (C=O) groups excluding carboxylic acids is 1. The van der Waals surface area contributed by atoms with Gasteiger partial charge in [-0.2, -0.15) is 0 Å². The number of benzene rings is 1. The standard InChI is InChI=1S/C15H20ClFN2O2.ClH/c1-21-14-6-9(3-5-13(14)18)15(20)19-8-10-2-4-11(17)7-12(10)16;/h2,4,7,9,13-14H,3,5-6,8,18H2,1H3,(H,19,20);1H/t9-,13+,14+;/m0./s1. The second-order valence-electron chi connectivity index (χ2n) is 5.40. The SMILES string of the molecule is CO[C@@H]1C[C@@H](C(=O)NCc2ccc(F)cc2Cl)CC[C@H]1N.Cl. The Morgan fingerprint density at radius 2 is 2.23 bits per heavy atom. The molecule has 1 saturated carbocycles. The van der Waals surface area contributed by atoms with Gasteiger partial charge < -0.3 is 15.8 Å². The lowest BCUT2D eigenvalue weighted by Crippen LogP contribution is -2.45. The number of amides is 1. The number of halogens is 3. The predicted octanol–water partition coefficient (Wildman–Crippen LogP) is 2.66. The Balaban J connectivity index is 0.00000242. The van der Waals surface area contributed by atoms with E-state index in [2.05, 4.69) is 5.32 Å². The van der Waals surface area contributed by atoms with Crippen molar-refractivity contribution in [2.45, 2.75) is 38.0 Å². The molecule has 3 atom stereocenters. The lowest BCUT2D eigenvalue weighted by molar-refractivity contribution is -0.128. The fraction of sp³-hybridized carbons (Fsp3) is 0.533. The van der Waals surface area contributed by atoms with Gasteiger partial charge in [-0.05, 0) is 37.0 Å². The van der Waals surface area contributed by atoms with Crippen molar-refractivity contribution in [1.29, 1.82) is 0 Å². The van der Waals surface area contributed by atoms with Gasteiger partial charge in [-0.15, -0.1) is 12.4 Å². The molecule has 4 nitrogen and oxygen atoms in total. The van der Waals surface area contributed by atoms with Crippen molar-refractivity contribution in [2.75, 3.05) is 7.11 Å². The van der Waals surface area contributed by atoms with E-state index in [0.29, 0.717) is 17.0 Å². The van der Waals surface area contributed by atoms with Gasteiger partial charge in [0, 0.05) is 30.6 Å². The van der Waals surface area contributed by atoms with Gasteiger partial charge in [-0.25, -0.2) is 4.39 Å². The first kappa shape index (κ1) is 19.2. The summed E-state index contributed by atoms with van der Waals surface area (Å²) in [6.45, 7) is 0.290. The monoisotopic (exact) mass is 350 g/mol. The molecule has 1 aromatic rings. The van der Waals surface area contributed by atoms with Crippen LogP contribution in [0.5, 0.6) is 0 Å². The number of rotatable bonds is 4. The molecule has 3 N–H and O–H groups in total. The number of methoxy groups -OCH3 is 1. The van der Waals surface area contributed by atoms with Crippen molar-refractivity contribution < 1.29 is 13.9 Å². The van der Waals surface area contributed by atoms with Crippen LogP contribution in [-0.2, 0) is 16.1 Å². The summed E-state index contributed by atoms with van der Waals surface area (Å²) in [6.07, 6.45) is 2.07. The molecule has 1 aliphatic rings. The minimum atomic E-state index is -0.390. The van der Waals surface area contributed by atoms with Crippen molar-refractivity contribution in [2.24, 2.45) is 11.7 Å². The van der Waals surface area contributed by atoms with Crippen LogP contribution in [-0.4, -0.2) is 25.2 Å². The molecule has 0 saturated heterocycles. The first-order chi connectivity index (χ1) is 10.0. The maximum Gasteiger partial charge on any atom is 0.223 e. The Hall–Kier alpha value is -0.880. The zero-order chi connectivity index (χ0) is 15.4. The quantitative estimate of drug-likeness (QED) is 0.877. The fourth-order valence-corrected chi connectivity index (χ4v) is 2.89. The number of hydrogen-bond donors (Lipinski definition) is 2. The normalized spacial score (nSPS) is 24.5. The highest BCUT2D eigenvalue weighted by atomic mass is 35.5. The first-order valence-electron chi connectivity index (χ1n) is 7.01. The van der Waals surface area contributed by atoms with Crippen LogP contribution >= 0.6 is 24.0 Å². The molecular formula is C15H21Cl2FN2O2. The number of nitrogens with one attached hydrogen (secondary N) is 1. The Morgan fingerprint density at radius 1 is 1.50 bits per heavy atom. The molecule has 1 aliphatic carbocycles. The Kier molecular flexibility index (Phi) is 7.56. The molecule has 124 valence electrons. The minimum absolute atomic E-state index is 0. The summed E-state index contributed by atoms with van der Waals surface area (Å²) in [5.41, 5.74) is 6.64. The largest absolute Gasteiger partial charge is 0.380 e. The molecule has 0 aromatic heterocycles. The molecule has 0 bridgehead atoms.